The second-order valence-corrected chi connectivity index (χ2v) is 4.94. The van der Waals surface area contributed by atoms with E-state index in [-0.39, 0.29) is 11.4 Å². The molecule has 0 aliphatic carbocycles. The summed E-state index contributed by atoms with van der Waals surface area (Å²) in [6.45, 7) is 1.12. The zero-order valence-corrected chi connectivity index (χ0v) is 11.3. The van der Waals surface area contributed by atoms with E-state index in [4.69, 9.17) is 9.47 Å². The van der Waals surface area contributed by atoms with Crippen molar-refractivity contribution in [3.63, 3.8) is 0 Å². The predicted octanol–water partition coefficient (Wildman–Crippen LogP) is 2.47. The summed E-state index contributed by atoms with van der Waals surface area (Å²) in [7, 11) is 1.40. The fourth-order valence-electron chi connectivity index (χ4n) is 2.47. The molecule has 2 rings (SSSR count). The lowest BCUT2D eigenvalue weighted by molar-refractivity contribution is -0.385. The van der Waals surface area contributed by atoms with Gasteiger partial charge in [-0.15, -0.1) is 0 Å². The summed E-state index contributed by atoms with van der Waals surface area (Å²) >= 11 is 0. The standard InChI is InChI=1S/C14H16N2O4/c1-19-13-3-2-11(8-12(13)16(17)18)9-14(10-15)4-6-20-7-5-14/h2-3,8H,4-7,9H2,1H3. The Morgan fingerprint density at radius 3 is 2.75 bits per heavy atom. The van der Waals surface area contributed by atoms with E-state index in [9.17, 15) is 15.4 Å². The van der Waals surface area contributed by atoms with Crippen molar-refractivity contribution in [2.45, 2.75) is 19.3 Å². The SMILES string of the molecule is COc1ccc(CC2(C#N)CCOCC2)cc1[N+](=O)[O-]. The summed E-state index contributed by atoms with van der Waals surface area (Å²) in [5.74, 6) is 0.233. The van der Waals surface area contributed by atoms with Gasteiger partial charge < -0.3 is 9.47 Å². The number of rotatable bonds is 4. The van der Waals surface area contributed by atoms with Crippen molar-refractivity contribution in [3.05, 3.63) is 33.9 Å². The molecule has 0 N–H and O–H groups in total. The lowest BCUT2D eigenvalue weighted by Gasteiger charge is -2.30. The highest BCUT2D eigenvalue weighted by Gasteiger charge is 2.33. The molecule has 106 valence electrons. The molecule has 1 heterocycles. The molecule has 6 heteroatoms. The van der Waals surface area contributed by atoms with Gasteiger partial charge in [0.15, 0.2) is 5.75 Å². The first-order chi connectivity index (χ1) is 9.60. The zero-order chi connectivity index (χ0) is 14.6. The van der Waals surface area contributed by atoms with Gasteiger partial charge in [-0.3, -0.25) is 10.1 Å². The highest BCUT2D eigenvalue weighted by atomic mass is 16.6. The Kier molecular flexibility index (Phi) is 4.20. The monoisotopic (exact) mass is 276 g/mol. The number of nitro groups is 1. The first-order valence-electron chi connectivity index (χ1n) is 6.40. The number of nitro benzene ring substituents is 1. The van der Waals surface area contributed by atoms with Crippen LogP contribution in [0.2, 0.25) is 0 Å². The van der Waals surface area contributed by atoms with Crippen LogP contribution in [0.4, 0.5) is 5.69 Å². The van der Waals surface area contributed by atoms with E-state index in [2.05, 4.69) is 6.07 Å². The van der Waals surface area contributed by atoms with Gasteiger partial charge in [0.25, 0.3) is 0 Å². The lowest BCUT2D eigenvalue weighted by atomic mass is 9.76. The molecule has 20 heavy (non-hydrogen) atoms. The number of ether oxygens (including phenoxy) is 2. The Labute approximate surface area is 117 Å². The molecule has 1 aliphatic rings. The maximum atomic E-state index is 11.0. The van der Waals surface area contributed by atoms with Crippen LogP contribution >= 0.6 is 0 Å². The number of methoxy groups -OCH3 is 1. The maximum Gasteiger partial charge on any atom is 0.311 e. The van der Waals surface area contributed by atoms with Crippen LogP contribution in [-0.4, -0.2) is 25.2 Å². The molecule has 1 saturated heterocycles. The third-order valence-corrected chi connectivity index (χ3v) is 3.67. The Hall–Kier alpha value is -2.13. The van der Waals surface area contributed by atoms with Gasteiger partial charge in [0, 0.05) is 19.3 Å². The van der Waals surface area contributed by atoms with Gasteiger partial charge in [-0.2, -0.15) is 5.26 Å². The summed E-state index contributed by atoms with van der Waals surface area (Å²) in [4.78, 5) is 10.5. The van der Waals surface area contributed by atoms with Crippen LogP contribution in [0.5, 0.6) is 5.75 Å². The van der Waals surface area contributed by atoms with Crippen molar-refractivity contribution in [1.82, 2.24) is 0 Å². The minimum absolute atomic E-state index is 0.0647. The number of hydrogen-bond donors (Lipinski definition) is 0. The topological polar surface area (TPSA) is 85.4 Å². The van der Waals surface area contributed by atoms with Crippen LogP contribution in [0.3, 0.4) is 0 Å². The third kappa shape index (κ3) is 2.89. The van der Waals surface area contributed by atoms with Crippen LogP contribution in [0.25, 0.3) is 0 Å². The molecular weight excluding hydrogens is 260 g/mol. The van der Waals surface area contributed by atoms with Gasteiger partial charge in [-0.25, -0.2) is 0 Å². The molecule has 0 unspecified atom stereocenters. The van der Waals surface area contributed by atoms with Gasteiger partial charge in [0.1, 0.15) is 0 Å². The second-order valence-electron chi connectivity index (χ2n) is 4.94. The number of benzene rings is 1. The van der Waals surface area contributed by atoms with Gasteiger partial charge >= 0.3 is 5.69 Å². The summed E-state index contributed by atoms with van der Waals surface area (Å²) in [5.41, 5.74) is 0.229. The van der Waals surface area contributed by atoms with Gasteiger partial charge in [0.05, 0.1) is 23.5 Å². The molecule has 1 fully saturated rings. The van der Waals surface area contributed by atoms with E-state index in [1.165, 1.54) is 13.2 Å². The van der Waals surface area contributed by atoms with Crippen molar-refractivity contribution in [2.75, 3.05) is 20.3 Å². The first-order valence-corrected chi connectivity index (χ1v) is 6.40. The highest BCUT2D eigenvalue weighted by Crippen LogP contribution is 2.36. The third-order valence-electron chi connectivity index (χ3n) is 3.67. The second kappa shape index (κ2) is 5.88. The molecule has 0 saturated carbocycles. The van der Waals surface area contributed by atoms with E-state index in [0.717, 1.165) is 5.56 Å². The van der Waals surface area contributed by atoms with Crippen molar-refractivity contribution in [3.8, 4) is 11.8 Å². The fourth-order valence-corrected chi connectivity index (χ4v) is 2.47. The van der Waals surface area contributed by atoms with Crippen molar-refractivity contribution in [1.29, 1.82) is 5.26 Å². The molecule has 0 amide bonds. The van der Waals surface area contributed by atoms with Crippen molar-refractivity contribution < 1.29 is 14.4 Å². The minimum atomic E-state index is -0.485. The van der Waals surface area contributed by atoms with Crippen LogP contribution in [0.15, 0.2) is 18.2 Å². The Balaban J connectivity index is 2.27. The number of nitriles is 1. The van der Waals surface area contributed by atoms with E-state index >= 15 is 0 Å². The zero-order valence-electron chi connectivity index (χ0n) is 11.3. The minimum Gasteiger partial charge on any atom is -0.490 e. The van der Waals surface area contributed by atoms with Gasteiger partial charge in [0.2, 0.25) is 0 Å². The smallest absolute Gasteiger partial charge is 0.311 e. The predicted molar refractivity (Wildman–Crippen MR) is 71.5 cm³/mol. The van der Waals surface area contributed by atoms with E-state index in [1.54, 1.807) is 12.1 Å². The van der Waals surface area contributed by atoms with E-state index in [1.807, 2.05) is 0 Å². The molecule has 1 aromatic rings. The van der Waals surface area contributed by atoms with Crippen LogP contribution < -0.4 is 4.74 Å². The highest BCUT2D eigenvalue weighted by molar-refractivity contribution is 5.49. The van der Waals surface area contributed by atoms with Crippen LogP contribution in [0, 0.1) is 26.9 Å². The summed E-state index contributed by atoms with van der Waals surface area (Å²) in [6.07, 6.45) is 1.81. The maximum absolute atomic E-state index is 11.0. The first kappa shape index (κ1) is 14.3. The Morgan fingerprint density at radius 1 is 1.50 bits per heavy atom. The van der Waals surface area contributed by atoms with Crippen molar-refractivity contribution >= 4 is 5.69 Å². The summed E-state index contributed by atoms with van der Waals surface area (Å²) in [5, 5.41) is 20.4. The lowest BCUT2D eigenvalue weighted by Crippen LogP contribution is -2.30. The van der Waals surface area contributed by atoms with Crippen LogP contribution in [0.1, 0.15) is 18.4 Å². The van der Waals surface area contributed by atoms with Gasteiger partial charge in [-0.05, 0) is 30.9 Å². The Bertz CT molecular complexity index is 545. The molecule has 0 spiro atoms. The average molecular weight is 276 g/mol. The van der Waals surface area contributed by atoms with Crippen molar-refractivity contribution in [2.24, 2.45) is 5.41 Å². The summed E-state index contributed by atoms with van der Waals surface area (Å²) in [6, 6.07) is 7.21. The Morgan fingerprint density at radius 2 is 2.20 bits per heavy atom. The van der Waals surface area contributed by atoms with Crippen LogP contribution in [-0.2, 0) is 11.2 Å². The fraction of sp³-hybridized carbons (Fsp3) is 0.500. The molecule has 1 aromatic carbocycles. The molecule has 1 aliphatic heterocycles. The number of hydrogen-bond acceptors (Lipinski definition) is 5. The number of nitrogens with zero attached hydrogens (tertiary/aromatic N) is 2. The quantitative estimate of drug-likeness (QED) is 0.623. The molecular formula is C14H16N2O4. The summed E-state index contributed by atoms with van der Waals surface area (Å²) < 4.78 is 10.3. The normalized spacial score (nSPS) is 17.2. The molecule has 6 nitrogen and oxygen atoms in total. The molecule has 0 radical (unpaired) electrons. The molecule has 0 atom stereocenters. The van der Waals surface area contributed by atoms with E-state index in [0.29, 0.717) is 32.5 Å². The largest absolute Gasteiger partial charge is 0.490 e. The average Bonchev–Trinajstić information content (AvgIpc) is 2.48. The van der Waals surface area contributed by atoms with Gasteiger partial charge in [-0.1, -0.05) is 6.07 Å². The molecule has 0 bridgehead atoms. The molecule has 0 aromatic heterocycles. The van der Waals surface area contributed by atoms with E-state index < -0.39 is 10.3 Å².